The quantitative estimate of drug-likeness (QED) is 0.151. The minimum Gasteiger partial charge on any atom is -0.511 e. The van der Waals surface area contributed by atoms with Gasteiger partial charge in [0.2, 0.25) is 0 Å². The zero-order valence-electron chi connectivity index (χ0n) is 30.3. The largest absolute Gasteiger partial charge is 0.511 e. The molecule has 15 atom stereocenters. The summed E-state index contributed by atoms with van der Waals surface area (Å²) in [5.74, 6) is -1.96. The Balaban J connectivity index is 1.15. The predicted molar refractivity (Wildman–Crippen MR) is 198 cm³/mol. The van der Waals surface area contributed by atoms with Gasteiger partial charge in [0.05, 0.1) is 37.0 Å². The highest BCUT2D eigenvalue weighted by molar-refractivity contribution is 8.76. The Morgan fingerprint density at radius 1 is 1.00 bits per heavy atom. The van der Waals surface area contributed by atoms with Gasteiger partial charge in [-0.2, -0.15) is 0 Å². The average Bonchev–Trinajstić information content (AvgIpc) is 3.16. The van der Waals surface area contributed by atoms with Crippen molar-refractivity contribution in [2.75, 3.05) is 31.4 Å². The molecule has 3 saturated carbocycles. The molecule has 0 amide bonds. The van der Waals surface area contributed by atoms with E-state index in [4.69, 9.17) is 9.47 Å². The molecule has 0 radical (unpaired) electrons. The summed E-state index contributed by atoms with van der Waals surface area (Å²) in [5, 5.41) is 74.2. The van der Waals surface area contributed by atoms with Gasteiger partial charge in [0, 0.05) is 30.6 Å². The number of hydrogen-bond donors (Lipinski definition) is 8. The van der Waals surface area contributed by atoms with Crippen LogP contribution in [0.2, 0.25) is 0 Å². The van der Waals surface area contributed by atoms with Gasteiger partial charge in [-0.15, -0.1) is 0 Å². The summed E-state index contributed by atoms with van der Waals surface area (Å²) in [6.45, 7) is 0.362. The summed E-state index contributed by atoms with van der Waals surface area (Å²) in [7, 11) is 3.05. The van der Waals surface area contributed by atoms with E-state index < -0.39 is 71.5 Å². The number of quaternary nitrogens is 1. The highest BCUT2D eigenvalue weighted by Gasteiger charge is 2.68. The third kappa shape index (κ3) is 6.53. The van der Waals surface area contributed by atoms with Crippen LogP contribution in [0.25, 0.3) is 0 Å². The maximum atomic E-state index is 15.2. The first-order valence-electron chi connectivity index (χ1n) is 19.9. The molecule has 3 aliphatic heterocycles. The number of nitrogens with one attached hydrogen (secondary N) is 1. The molecular formula is C39H57N2O10S2+. The van der Waals surface area contributed by atoms with Crippen LogP contribution in [-0.4, -0.2) is 116 Å². The van der Waals surface area contributed by atoms with Crippen LogP contribution in [0, 0.1) is 46.8 Å². The fourth-order valence-electron chi connectivity index (χ4n) is 11.4. The van der Waals surface area contributed by atoms with Crippen molar-refractivity contribution < 1.29 is 55.0 Å². The van der Waals surface area contributed by atoms with Crippen LogP contribution in [0.4, 0.5) is 0 Å². The molecule has 7 unspecified atom stereocenters. The van der Waals surface area contributed by atoms with E-state index >= 15 is 4.79 Å². The second kappa shape index (κ2) is 15.2. The number of aliphatic hydroxyl groups is 6. The Labute approximate surface area is 319 Å². The third-order valence-electron chi connectivity index (χ3n) is 14.3. The second-order valence-corrected chi connectivity index (χ2v) is 19.8. The summed E-state index contributed by atoms with van der Waals surface area (Å²) < 4.78 is 12.7. The minimum atomic E-state index is -2.10. The first kappa shape index (κ1) is 38.6. The molecule has 0 aromatic heterocycles. The third-order valence-corrected chi connectivity index (χ3v) is 16.6. The number of allylic oxidation sites excluding steroid dienone is 4. The minimum absolute atomic E-state index is 0.0937. The molecule has 53 heavy (non-hydrogen) atoms. The molecule has 12 nitrogen and oxygen atoms in total. The zero-order chi connectivity index (χ0) is 37.1. The van der Waals surface area contributed by atoms with E-state index in [1.807, 2.05) is 6.08 Å². The van der Waals surface area contributed by atoms with E-state index in [0.717, 1.165) is 50.6 Å². The van der Waals surface area contributed by atoms with Crippen LogP contribution in [0.5, 0.6) is 0 Å². The van der Waals surface area contributed by atoms with Gasteiger partial charge in [0.15, 0.2) is 12.1 Å². The first-order chi connectivity index (χ1) is 25.5. The number of Topliss-reactive ketones (excluding diaryl/α,β-unsaturated/α-hetero) is 2. The van der Waals surface area contributed by atoms with Gasteiger partial charge in [-0.25, -0.2) is 0 Å². The topological polar surface area (TPSA) is 203 Å². The van der Waals surface area contributed by atoms with Gasteiger partial charge in [-0.1, -0.05) is 59.1 Å². The fraction of sp³-hybridized carbons (Fsp3) is 0.795. The number of fused-ring (bicyclic) bond motifs is 4. The summed E-state index contributed by atoms with van der Waals surface area (Å²) in [6.07, 6.45) is 9.68. The summed E-state index contributed by atoms with van der Waals surface area (Å²) >= 11 is 0. The van der Waals surface area contributed by atoms with E-state index in [0.29, 0.717) is 43.9 Å². The fourth-order valence-corrected chi connectivity index (χ4v) is 13.8. The molecule has 1 spiro atoms. The number of nitrogens with two attached hydrogens (primary N) is 1. The van der Waals surface area contributed by atoms with Crippen molar-refractivity contribution in [2.45, 2.75) is 113 Å². The second-order valence-electron chi connectivity index (χ2n) is 17.3. The lowest BCUT2D eigenvalue weighted by Gasteiger charge is -2.58. The van der Waals surface area contributed by atoms with Crippen LogP contribution < -0.4 is 10.6 Å². The number of carbonyl (C=O) groups is 2. The molecule has 3 heterocycles. The van der Waals surface area contributed by atoms with Crippen molar-refractivity contribution in [3.05, 3.63) is 35.6 Å². The normalized spacial score (nSPS) is 48.9. The summed E-state index contributed by atoms with van der Waals surface area (Å²) in [6, 6.07) is 0. The van der Waals surface area contributed by atoms with Crippen LogP contribution in [0.3, 0.4) is 0 Å². The molecule has 9 N–H and O–H groups in total. The van der Waals surface area contributed by atoms with Gasteiger partial charge >= 0.3 is 0 Å². The average molecular weight is 778 g/mol. The summed E-state index contributed by atoms with van der Waals surface area (Å²) in [5.41, 5.74) is -4.47. The molecule has 5 aliphatic carbocycles. The Kier molecular flexibility index (Phi) is 11.1. The van der Waals surface area contributed by atoms with E-state index in [1.165, 1.54) is 10.8 Å². The summed E-state index contributed by atoms with van der Waals surface area (Å²) in [4.78, 5) is 30.0. The SMILES string of the molecule is O=C1C2CCCC3O[C@@H]4O[C@]5(CO)C=C[C@@H](CC6CC[NH2+]C(C6)NCSSC[C@@]6(C(=O)C32)C(O)=CC(CC2CCCC(CO)C2)=C[C@@H]16)[C@@](O)([C@H]4O)[C@@H]5O. The monoisotopic (exact) mass is 777 g/mol. The van der Waals surface area contributed by atoms with Crippen molar-refractivity contribution in [2.24, 2.45) is 46.8 Å². The zero-order valence-corrected chi connectivity index (χ0v) is 31.9. The van der Waals surface area contributed by atoms with Gasteiger partial charge in [0.25, 0.3) is 0 Å². The molecule has 0 aromatic carbocycles. The molecule has 14 heteroatoms. The number of piperidine rings is 1. The molecule has 8 rings (SSSR count). The predicted octanol–water partition coefficient (Wildman–Crippen LogP) is 1.47. The number of ether oxygens (including phenoxy) is 2. The lowest BCUT2D eigenvalue weighted by atomic mass is 9.52. The Morgan fingerprint density at radius 3 is 2.62 bits per heavy atom. The van der Waals surface area contributed by atoms with Crippen LogP contribution in [-0.2, 0) is 19.1 Å². The molecule has 0 aromatic rings. The van der Waals surface area contributed by atoms with Gasteiger partial charge < -0.3 is 45.4 Å². The highest BCUT2D eigenvalue weighted by atomic mass is 33.1. The maximum Gasteiger partial charge on any atom is 0.188 e. The van der Waals surface area contributed by atoms with Gasteiger partial charge in [-0.3, -0.25) is 14.9 Å². The van der Waals surface area contributed by atoms with E-state index in [-0.39, 0.29) is 47.7 Å². The van der Waals surface area contributed by atoms with E-state index in [1.54, 1.807) is 29.0 Å². The van der Waals surface area contributed by atoms with Crippen molar-refractivity contribution >= 4 is 33.2 Å². The molecule has 8 aliphatic rings. The molecule has 294 valence electrons. The lowest BCUT2D eigenvalue weighted by Crippen LogP contribution is -2.95. The standard InChI is InChI=1S/C39H56N2O10S2/c42-17-23-4-1-3-21(11-23)12-24-14-27-32(45)26-5-2-6-28-31(26)33(46)38(27,29(44)15-24)19-52-53-20-41-30-16-22(8-10-40-30)13-25-7-9-37(18-43)36(48)39(25,49)34(47)35(50-28)51-37/h7,9,14-15,21-23,25-28,30-31,34-36,40-44,47-49H,1-6,8,10-13,16-20H2/p+1/t21?,22?,23?,25-,26?,27-,28?,30?,31?,34-,35+,36+,37-,38-,39+/m0/s1. The molecule has 3 saturated heterocycles. The number of hydrogen-bond acceptors (Lipinski definition) is 13. The van der Waals surface area contributed by atoms with E-state index in [2.05, 4.69) is 10.6 Å². The molecule has 7 bridgehead atoms. The van der Waals surface area contributed by atoms with Crippen LogP contribution in [0.1, 0.15) is 70.6 Å². The maximum absolute atomic E-state index is 15.2. The smallest absolute Gasteiger partial charge is 0.188 e. The first-order valence-corrected chi connectivity index (χ1v) is 22.4. The van der Waals surface area contributed by atoms with Gasteiger partial charge in [0.1, 0.15) is 46.5 Å². The number of rotatable bonds is 4. The highest BCUT2D eigenvalue weighted by Crippen LogP contribution is 2.57. The Bertz CT molecular complexity index is 1510. The Hall–Kier alpha value is -1.30. The van der Waals surface area contributed by atoms with Crippen LogP contribution in [0.15, 0.2) is 35.6 Å². The van der Waals surface area contributed by atoms with Gasteiger partial charge in [-0.05, 0) is 74.3 Å². The lowest BCUT2D eigenvalue weighted by molar-refractivity contribution is -0.704. The molecule has 6 fully saturated rings. The van der Waals surface area contributed by atoms with Crippen molar-refractivity contribution in [1.82, 2.24) is 5.32 Å². The number of ketones is 2. The van der Waals surface area contributed by atoms with E-state index in [9.17, 15) is 35.4 Å². The van der Waals surface area contributed by atoms with Crippen LogP contribution >= 0.6 is 21.6 Å². The Morgan fingerprint density at radius 2 is 1.81 bits per heavy atom. The number of aliphatic hydroxyl groups excluding tert-OH is 5. The molecular weight excluding hydrogens is 721 g/mol. The van der Waals surface area contributed by atoms with Crippen molar-refractivity contribution in [3.8, 4) is 0 Å². The van der Waals surface area contributed by atoms with Crippen molar-refractivity contribution in [3.63, 3.8) is 0 Å². The number of carbonyl (C=O) groups excluding carboxylic acids is 2. The van der Waals surface area contributed by atoms with Crippen molar-refractivity contribution in [1.29, 1.82) is 0 Å².